The third kappa shape index (κ3) is 1.87. The molecule has 0 amide bonds. The predicted octanol–water partition coefficient (Wildman–Crippen LogP) is 4.37. The summed E-state index contributed by atoms with van der Waals surface area (Å²) >= 11 is 0. The summed E-state index contributed by atoms with van der Waals surface area (Å²) in [4.78, 5) is 0. The Morgan fingerprint density at radius 2 is 1.27 bits per heavy atom. The minimum atomic E-state index is 0.167. The summed E-state index contributed by atoms with van der Waals surface area (Å²) in [6.45, 7) is 0. The highest BCUT2D eigenvalue weighted by Crippen LogP contribution is 2.42. The molecule has 0 unspecified atom stereocenters. The van der Waals surface area contributed by atoms with E-state index in [0.29, 0.717) is 0 Å². The van der Waals surface area contributed by atoms with Crippen LogP contribution in [0.4, 0.5) is 0 Å². The van der Waals surface area contributed by atoms with E-state index in [2.05, 4.69) is 5.10 Å². The van der Waals surface area contributed by atoms with Gasteiger partial charge in [-0.05, 0) is 23.3 Å². The molecule has 1 N–H and O–H groups in total. The number of benzene rings is 2. The third-order valence-corrected chi connectivity index (χ3v) is 3.81. The van der Waals surface area contributed by atoms with Crippen LogP contribution >= 0.6 is 0 Å². The van der Waals surface area contributed by atoms with Gasteiger partial charge in [0.25, 0.3) is 0 Å². The minimum Gasteiger partial charge on any atom is -0.493 e. The van der Waals surface area contributed by atoms with Crippen LogP contribution in [0.1, 0.15) is 0 Å². The first-order valence-corrected chi connectivity index (χ1v) is 7.16. The van der Waals surface area contributed by atoms with Crippen molar-refractivity contribution in [3.8, 4) is 28.1 Å². The zero-order valence-corrected chi connectivity index (χ0v) is 11.8. The van der Waals surface area contributed by atoms with Crippen LogP contribution in [-0.2, 0) is 0 Å². The third-order valence-electron chi connectivity index (χ3n) is 3.81. The number of rotatable bonds is 2. The number of fused-ring (bicyclic) bond motifs is 1. The van der Waals surface area contributed by atoms with Crippen molar-refractivity contribution >= 4 is 5.52 Å². The summed E-state index contributed by atoms with van der Waals surface area (Å²) in [5.41, 5.74) is 4.74. The molecule has 0 atom stereocenters. The molecule has 0 aliphatic carbocycles. The SMILES string of the molecule is Oc1c(-c2ccccc2)c(-c2ccccc2)c2cccnn12. The van der Waals surface area contributed by atoms with Crippen LogP contribution in [0, 0.1) is 0 Å². The summed E-state index contributed by atoms with van der Waals surface area (Å²) in [7, 11) is 0. The number of nitrogens with zero attached hydrogens (tertiary/aromatic N) is 2. The summed E-state index contributed by atoms with van der Waals surface area (Å²) in [6.07, 6.45) is 1.68. The fourth-order valence-corrected chi connectivity index (χ4v) is 2.85. The fourth-order valence-electron chi connectivity index (χ4n) is 2.85. The van der Waals surface area contributed by atoms with Crippen molar-refractivity contribution in [2.24, 2.45) is 0 Å². The molecule has 3 nitrogen and oxygen atoms in total. The Kier molecular flexibility index (Phi) is 2.90. The maximum atomic E-state index is 10.7. The smallest absolute Gasteiger partial charge is 0.221 e. The average molecular weight is 286 g/mol. The molecule has 0 radical (unpaired) electrons. The van der Waals surface area contributed by atoms with Gasteiger partial charge in [0.05, 0.1) is 11.1 Å². The molecule has 22 heavy (non-hydrogen) atoms. The number of hydrogen-bond donors (Lipinski definition) is 1. The maximum Gasteiger partial charge on any atom is 0.221 e. The largest absolute Gasteiger partial charge is 0.493 e. The van der Waals surface area contributed by atoms with E-state index in [1.165, 1.54) is 0 Å². The van der Waals surface area contributed by atoms with Crippen molar-refractivity contribution < 1.29 is 5.11 Å². The van der Waals surface area contributed by atoms with Gasteiger partial charge in [-0.3, -0.25) is 0 Å². The fraction of sp³-hybridized carbons (Fsp3) is 0. The Bertz CT molecular complexity index is 928. The van der Waals surface area contributed by atoms with Crippen molar-refractivity contribution in [2.45, 2.75) is 0 Å². The van der Waals surface area contributed by atoms with Crippen molar-refractivity contribution in [1.82, 2.24) is 9.61 Å². The Morgan fingerprint density at radius 3 is 1.91 bits per heavy atom. The highest BCUT2D eigenvalue weighted by atomic mass is 16.3. The number of hydrogen-bond acceptors (Lipinski definition) is 2. The maximum absolute atomic E-state index is 10.7. The van der Waals surface area contributed by atoms with Gasteiger partial charge in [0.2, 0.25) is 5.88 Å². The van der Waals surface area contributed by atoms with Crippen molar-refractivity contribution in [3.63, 3.8) is 0 Å². The molecule has 0 saturated carbocycles. The monoisotopic (exact) mass is 286 g/mol. The lowest BCUT2D eigenvalue weighted by atomic mass is 9.97. The average Bonchev–Trinajstić information content (AvgIpc) is 2.90. The van der Waals surface area contributed by atoms with Crippen LogP contribution in [0.25, 0.3) is 27.8 Å². The molecule has 4 aromatic rings. The summed E-state index contributed by atoms with van der Waals surface area (Å²) < 4.78 is 1.59. The van der Waals surface area contributed by atoms with E-state index < -0.39 is 0 Å². The van der Waals surface area contributed by atoms with E-state index in [4.69, 9.17) is 0 Å². The van der Waals surface area contributed by atoms with E-state index in [1.54, 1.807) is 10.7 Å². The first-order valence-electron chi connectivity index (χ1n) is 7.16. The van der Waals surface area contributed by atoms with Gasteiger partial charge in [0.15, 0.2) is 0 Å². The topological polar surface area (TPSA) is 37.5 Å². The lowest BCUT2D eigenvalue weighted by molar-refractivity contribution is 0.441. The van der Waals surface area contributed by atoms with Gasteiger partial charge in [0, 0.05) is 11.8 Å². The first-order chi connectivity index (χ1) is 10.9. The molecule has 2 aromatic carbocycles. The second kappa shape index (κ2) is 5.04. The van der Waals surface area contributed by atoms with Crippen molar-refractivity contribution in [1.29, 1.82) is 0 Å². The molecular weight excluding hydrogens is 272 g/mol. The molecule has 106 valence electrons. The van der Waals surface area contributed by atoms with E-state index in [9.17, 15) is 5.11 Å². The molecule has 0 aliphatic heterocycles. The second-order valence-electron chi connectivity index (χ2n) is 5.13. The van der Waals surface area contributed by atoms with Gasteiger partial charge in [0.1, 0.15) is 0 Å². The van der Waals surface area contributed by atoms with Crippen LogP contribution < -0.4 is 0 Å². The summed E-state index contributed by atoms with van der Waals surface area (Å²) in [5.74, 6) is 0.167. The molecule has 0 saturated heterocycles. The van der Waals surface area contributed by atoms with Gasteiger partial charge in [-0.1, -0.05) is 60.7 Å². The van der Waals surface area contributed by atoms with E-state index >= 15 is 0 Å². The van der Waals surface area contributed by atoms with Crippen LogP contribution in [0.15, 0.2) is 79.0 Å². The van der Waals surface area contributed by atoms with E-state index in [0.717, 1.165) is 27.8 Å². The standard InChI is InChI=1S/C19H14N2O/c22-19-18(15-10-5-2-6-11-15)17(14-8-3-1-4-9-14)16-12-7-13-20-21(16)19/h1-13,22H. The Balaban J connectivity index is 2.14. The normalized spacial score (nSPS) is 10.9. The van der Waals surface area contributed by atoms with Crippen molar-refractivity contribution in [3.05, 3.63) is 79.0 Å². The van der Waals surface area contributed by atoms with Gasteiger partial charge < -0.3 is 5.11 Å². The van der Waals surface area contributed by atoms with Crippen LogP contribution in [-0.4, -0.2) is 14.7 Å². The minimum absolute atomic E-state index is 0.167. The molecule has 2 aromatic heterocycles. The van der Waals surface area contributed by atoms with E-state index in [1.807, 2.05) is 72.8 Å². The van der Waals surface area contributed by atoms with Gasteiger partial charge in [-0.25, -0.2) is 4.52 Å². The Morgan fingerprint density at radius 1 is 0.682 bits per heavy atom. The van der Waals surface area contributed by atoms with Gasteiger partial charge in [-0.15, -0.1) is 0 Å². The molecule has 0 aliphatic rings. The molecule has 0 fully saturated rings. The molecule has 3 heteroatoms. The van der Waals surface area contributed by atoms with Gasteiger partial charge in [-0.2, -0.15) is 5.10 Å². The number of aromatic hydroxyl groups is 1. The number of aromatic nitrogens is 2. The van der Waals surface area contributed by atoms with Crippen molar-refractivity contribution in [2.75, 3.05) is 0 Å². The van der Waals surface area contributed by atoms with Gasteiger partial charge >= 0.3 is 0 Å². The van der Waals surface area contributed by atoms with Crippen LogP contribution in [0.5, 0.6) is 5.88 Å². The zero-order chi connectivity index (χ0) is 14.9. The zero-order valence-electron chi connectivity index (χ0n) is 11.8. The Labute approximate surface area is 128 Å². The molecule has 0 spiro atoms. The molecule has 0 bridgehead atoms. The summed E-state index contributed by atoms with van der Waals surface area (Å²) in [5, 5.41) is 15.0. The van der Waals surface area contributed by atoms with E-state index in [-0.39, 0.29) is 5.88 Å². The second-order valence-corrected chi connectivity index (χ2v) is 5.13. The Hall–Kier alpha value is -3.07. The highest BCUT2D eigenvalue weighted by Gasteiger charge is 2.20. The predicted molar refractivity (Wildman–Crippen MR) is 87.7 cm³/mol. The first kappa shape index (κ1) is 12.7. The van der Waals surface area contributed by atoms with Crippen LogP contribution in [0.3, 0.4) is 0 Å². The lowest BCUT2D eigenvalue weighted by Crippen LogP contribution is -1.88. The molecular formula is C19H14N2O. The lowest BCUT2D eigenvalue weighted by Gasteiger charge is -2.05. The molecule has 2 heterocycles. The quantitative estimate of drug-likeness (QED) is 0.594. The molecule has 4 rings (SSSR count). The highest BCUT2D eigenvalue weighted by molar-refractivity contribution is 5.97. The van der Waals surface area contributed by atoms with Crippen LogP contribution in [0.2, 0.25) is 0 Å². The summed E-state index contributed by atoms with van der Waals surface area (Å²) in [6, 6.07) is 23.9.